The molecule has 1 rings (SSSR count). The van der Waals surface area contributed by atoms with E-state index in [1.54, 1.807) is 7.11 Å². The molecule has 0 spiro atoms. The van der Waals surface area contributed by atoms with Gasteiger partial charge in [-0.1, -0.05) is 32.4 Å². The lowest BCUT2D eigenvalue weighted by atomic mass is 9.99. The average molecular weight is 258 g/mol. The zero-order valence-electron chi connectivity index (χ0n) is 11.0. The van der Waals surface area contributed by atoms with E-state index in [0.717, 1.165) is 25.0 Å². The standard InChI is InChI=1S/C14H23NO.ClH/c1-4-6-11-7-8-14(16-3)12(9-11)10-13(15)5-2;/h7-9,13H,4-6,10,15H2,1-3H3;1H. The van der Waals surface area contributed by atoms with E-state index in [1.165, 1.54) is 17.5 Å². The number of halogens is 1. The van der Waals surface area contributed by atoms with E-state index < -0.39 is 0 Å². The van der Waals surface area contributed by atoms with Gasteiger partial charge in [0.15, 0.2) is 0 Å². The van der Waals surface area contributed by atoms with Gasteiger partial charge in [-0.3, -0.25) is 0 Å². The van der Waals surface area contributed by atoms with Crippen LogP contribution in [-0.2, 0) is 12.8 Å². The van der Waals surface area contributed by atoms with Gasteiger partial charge in [0, 0.05) is 6.04 Å². The lowest BCUT2D eigenvalue weighted by Crippen LogP contribution is -2.21. The Kier molecular flexibility index (Phi) is 8.01. The van der Waals surface area contributed by atoms with Crippen molar-refractivity contribution in [2.75, 3.05) is 7.11 Å². The molecule has 0 aromatic heterocycles. The highest BCUT2D eigenvalue weighted by Crippen LogP contribution is 2.22. The van der Waals surface area contributed by atoms with Crippen LogP contribution in [-0.4, -0.2) is 13.2 Å². The van der Waals surface area contributed by atoms with Crippen molar-refractivity contribution in [3.05, 3.63) is 29.3 Å². The molecule has 0 saturated heterocycles. The monoisotopic (exact) mass is 257 g/mol. The molecular formula is C14H24ClNO. The fourth-order valence-corrected chi connectivity index (χ4v) is 1.86. The Balaban J connectivity index is 0.00000256. The zero-order chi connectivity index (χ0) is 12.0. The summed E-state index contributed by atoms with van der Waals surface area (Å²) in [6.07, 6.45) is 4.20. The van der Waals surface area contributed by atoms with E-state index >= 15 is 0 Å². The second-order valence-electron chi connectivity index (χ2n) is 4.27. The van der Waals surface area contributed by atoms with Crippen LogP contribution in [0.15, 0.2) is 18.2 Å². The lowest BCUT2D eigenvalue weighted by molar-refractivity contribution is 0.407. The smallest absolute Gasteiger partial charge is 0.122 e. The fraction of sp³-hybridized carbons (Fsp3) is 0.571. The van der Waals surface area contributed by atoms with Gasteiger partial charge in [-0.05, 0) is 36.5 Å². The van der Waals surface area contributed by atoms with Crippen molar-refractivity contribution in [2.45, 2.75) is 45.6 Å². The third kappa shape index (κ3) is 4.97. The van der Waals surface area contributed by atoms with Gasteiger partial charge >= 0.3 is 0 Å². The van der Waals surface area contributed by atoms with Crippen LogP contribution in [0.2, 0.25) is 0 Å². The molecular weight excluding hydrogens is 234 g/mol. The van der Waals surface area contributed by atoms with E-state index in [-0.39, 0.29) is 18.4 Å². The van der Waals surface area contributed by atoms with Gasteiger partial charge in [-0.15, -0.1) is 12.4 Å². The maximum absolute atomic E-state index is 6.00. The molecule has 0 radical (unpaired) electrons. The number of nitrogens with two attached hydrogens (primary N) is 1. The summed E-state index contributed by atoms with van der Waals surface area (Å²) in [5.41, 5.74) is 8.61. The summed E-state index contributed by atoms with van der Waals surface area (Å²) < 4.78 is 5.37. The third-order valence-corrected chi connectivity index (χ3v) is 2.89. The summed E-state index contributed by atoms with van der Waals surface area (Å²) in [7, 11) is 1.72. The topological polar surface area (TPSA) is 35.2 Å². The van der Waals surface area contributed by atoms with Crippen LogP contribution >= 0.6 is 12.4 Å². The highest BCUT2D eigenvalue weighted by Gasteiger charge is 2.08. The number of methoxy groups -OCH3 is 1. The number of benzene rings is 1. The molecule has 0 aliphatic rings. The molecule has 2 N–H and O–H groups in total. The summed E-state index contributed by atoms with van der Waals surface area (Å²) in [5, 5.41) is 0. The number of hydrogen-bond donors (Lipinski definition) is 1. The zero-order valence-corrected chi connectivity index (χ0v) is 11.8. The Labute approximate surface area is 111 Å². The summed E-state index contributed by atoms with van der Waals surface area (Å²) in [6.45, 7) is 4.31. The van der Waals surface area contributed by atoms with Crippen molar-refractivity contribution >= 4 is 12.4 Å². The second-order valence-corrected chi connectivity index (χ2v) is 4.27. The van der Waals surface area contributed by atoms with Crippen LogP contribution < -0.4 is 10.5 Å². The first-order valence-electron chi connectivity index (χ1n) is 6.12. The van der Waals surface area contributed by atoms with Crippen LogP contribution in [0.1, 0.15) is 37.8 Å². The average Bonchev–Trinajstić information content (AvgIpc) is 2.30. The third-order valence-electron chi connectivity index (χ3n) is 2.89. The highest BCUT2D eigenvalue weighted by atomic mass is 35.5. The van der Waals surface area contributed by atoms with Gasteiger partial charge in [0.25, 0.3) is 0 Å². The highest BCUT2D eigenvalue weighted by molar-refractivity contribution is 5.85. The van der Waals surface area contributed by atoms with Gasteiger partial charge in [0.2, 0.25) is 0 Å². The summed E-state index contributed by atoms with van der Waals surface area (Å²) in [4.78, 5) is 0. The Morgan fingerprint density at radius 3 is 2.53 bits per heavy atom. The molecule has 0 bridgehead atoms. The van der Waals surface area contributed by atoms with Crippen molar-refractivity contribution in [1.29, 1.82) is 0 Å². The molecule has 17 heavy (non-hydrogen) atoms. The quantitative estimate of drug-likeness (QED) is 0.848. The Hall–Kier alpha value is -0.730. The molecule has 1 aromatic carbocycles. The number of rotatable bonds is 6. The molecule has 0 saturated carbocycles. The van der Waals surface area contributed by atoms with Gasteiger partial charge in [-0.2, -0.15) is 0 Å². The van der Waals surface area contributed by atoms with E-state index in [0.29, 0.717) is 0 Å². The SMILES string of the molecule is CCCc1ccc(OC)c(CC(N)CC)c1.Cl. The first-order valence-corrected chi connectivity index (χ1v) is 6.12. The molecule has 0 amide bonds. The molecule has 98 valence electrons. The van der Waals surface area contributed by atoms with E-state index in [2.05, 4.69) is 32.0 Å². The molecule has 3 heteroatoms. The summed E-state index contributed by atoms with van der Waals surface area (Å²) in [5.74, 6) is 0.962. The normalized spacial score (nSPS) is 11.8. The predicted octanol–water partition coefficient (Wildman–Crippen LogP) is 3.35. The van der Waals surface area contributed by atoms with E-state index in [4.69, 9.17) is 10.5 Å². The maximum atomic E-state index is 6.00. The fourth-order valence-electron chi connectivity index (χ4n) is 1.86. The van der Waals surface area contributed by atoms with Crippen LogP contribution in [0.25, 0.3) is 0 Å². The molecule has 2 nitrogen and oxygen atoms in total. The van der Waals surface area contributed by atoms with Crippen LogP contribution in [0.4, 0.5) is 0 Å². The van der Waals surface area contributed by atoms with Gasteiger partial charge in [0.1, 0.15) is 5.75 Å². The minimum absolute atomic E-state index is 0. The lowest BCUT2D eigenvalue weighted by Gasteiger charge is -2.14. The minimum atomic E-state index is 0. The molecule has 1 atom stereocenters. The molecule has 0 heterocycles. The maximum Gasteiger partial charge on any atom is 0.122 e. The summed E-state index contributed by atoms with van der Waals surface area (Å²) in [6, 6.07) is 6.66. The molecule has 0 aliphatic carbocycles. The number of aryl methyl sites for hydroxylation is 1. The first kappa shape index (κ1) is 16.3. The molecule has 1 aromatic rings. The molecule has 0 fully saturated rings. The summed E-state index contributed by atoms with van der Waals surface area (Å²) >= 11 is 0. The molecule has 1 unspecified atom stereocenters. The first-order chi connectivity index (χ1) is 7.71. The van der Waals surface area contributed by atoms with Crippen molar-refractivity contribution in [1.82, 2.24) is 0 Å². The Morgan fingerprint density at radius 2 is 2.00 bits per heavy atom. The van der Waals surface area contributed by atoms with Gasteiger partial charge < -0.3 is 10.5 Å². The minimum Gasteiger partial charge on any atom is -0.496 e. The molecule has 0 aliphatic heterocycles. The van der Waals surface area contributed by atoms with E-state index in [1.807, 2.05) is 0 Å². The number of hydrogen-bond acceptors (Lipinski definition) is 2. The Morgan fingerprint density at radius 1 is 1.29 bits per heavy atom. The van der Waals surface area contributed by atoms with Crippen LogP contribution in [0.3, 0.4) is 0 Å². The van der Waals surface area contributed by atoms with Crippen molar-refractivity contribution in [3.63, 3.8) is 0 Å². The number of ether oxygens (including phenoxy) is 1. The van der Waals surface area contributed by atoms with Gasteiger partial charge in [-0.25, -0.2) is 0 Å². The van der Waals surface area contributed by atoms with Crippen LogP contribution in [0.5, 0.6) is 5.75 Å². The second kappa shape index (κ2) is 8.37. The van der Waals surface area contributed by atoms with Crippen molar-refractivity contribution < 1.29 is 4.74 Å². The van der Waals surface area contributed by atoms with Crippen LogP contribution in [0, 0.1) is 0 Å². The van der Waals surface area contributed by atoms with Gasteiger partial charge in [0.05, 0.1) is 7.11 Å². The largest absolute Gasteiger partial charge is 0.496 e. The van der Waals surface area contributed by atoms with Crippen molar-refractivity contribution in [2.24, 2.45) is 5.73 Å². The van der Waals surface area contributed by atoms with E-state index in [9.17, 15) is 0 Å². The Bertz CT molecular complexity index is 328. The van der Waals surface area contributed by atoms with Crippen molar-refractivity contribution in [3.8, 4) is 5.75 Å². The predicted molar refractivity (Wildman–Crippen MR) is 76.2 cm³/mol.